The van der Waals surface area contributed by atoms with Gasteiger partial charge in [-0.1, -0.05) is 29.8 Å². The lowest BCUT2D eigenvalue weighted by Crippen LogP contribution is -2.43. The molecule has 7 nitrogen and oxygen atoms in total. The third kappa shape index (κ3) is 3.82. The topological polar surface area (TPSA) is 86.0 Å². The minimum absolute atomic E-state index is 0.164. The van der Waals surface area contributed by atoms with Crippen LogP contribution in [0.15, 0.2) is 76.6 Å². The van der Waals surface area contributed by atoms with Gasteiger partial charge in [0.05, 0.1) is 16.6 Å². The molecule has 0 radical (unpaired) electrons. The maximum Gasteiger partial charge on any atom is 0.336 e. The number of pyridine rings is 1. The maximum atomic E-state index is 14.5. The molecule has 0 unspecified atom stereocenters. The molecule has 0 saturated heterocycles. The smallest absolute Gasteiger partial charge is 0.336 e. The Kier molecular flexibility index (Phi) is 5.68. The molecule has 4 aromatic rings. The van der Waals surface area contributed by atoms with Gasteiger partial charge in [0.25, 0.3) is 5.56 Å². The van der Waals surface area contributed by atoms with E-state index in [1.807, 2.05) is 13.0 Å². The number of fused-ring (bicyclic) bond motifs is 1. The molecule has 162 valence electrons. The van der Waals surface area contributed by atoms with Crippen LogP contribution in [0.3, 0.4) is 0 Å². The Morgan fingerprint density at radius 3 is 2.62 bits per heavy atom. The molecule has 0 bridgehead atoms. The van der Waals surface area contributed by atoms with Gasteiger partial charge in [0, 0.05) is 18.9 Å². The molecule has 0 aliphatic carbocycles. The Balaban J connectivity index is 1.86. The summed E-state index contributed by atoms with van der Waals surface area (Å²) in [6.07, 6.45) is 3.27. The second-order valence-corrected chi connectivity index (χ2v) is 7.52. The van der Waals surface area contributed by atoms with E-state index in [0.29, 0.717) is 5.52 Å². The Bertz CT molecular complexity index is 1430. The van der Waals surface area contributed by atoms with Crippen molar-refractivity contribution in [1.82, 2.24) is 19.4 Å². The molecular weight excluding hydrogens is 411 g/mol. The predicted octanol–water partition coefficient (Wildman–Crippen LogP) is 2.87. The quantitative estimate of drug-likeness (QED) is 0.526. The number of carbonyl (C=O) groups excluding carboxylic acids is 1. The fourth-order valence-corrected chi connectivity index (χ4v) is 3.63. The third-order valence-corrected chi connectivity index (χ3v) is 5.29. The van der Waals surface area contributed by atoms with Crippen LogP contribution in [0.2, 0.25) is 0 Å². The van der Waals surface area contributed by atoms with Crippen molar-refractivity contribution in [2.24, 2.45) is 0 Å². The summed E-state index contributed by atoms with van der Waals surface area (Å²) in [4.78, 5) is 43.6. The standard InChI is InChI=1S/C24H21FN4O3/c1-15-9-10-20-18(12-15)23(31)29(21-8-4-3-7-19(21)25)24(32)28(20)16(2)22(30)27-14-17-6-5-11-26-13-17/h3-13,16H,14H2,1-2H3,(H,27,30)/t16-/m1/s1. The molecule has 2 aromatic carbocycles. The monoisotopic (exact) mass is 432 g/mol. The predicted molar refractivity (Wildman–Crippen MR) is 119 cm³/mol. The van der Waals surface area contributed by atoms with Crippen molar-refractivity contribution < 1.29 is 9.18 Å². The second kappa shape index (κ2) is 8.58. The first-order valence-corrected chi connectivity index (χ1v) is 10.1. The first-order valence-electron chi connectivity index (χ1n) is 10.1. The lowest BCUT2D eigenvalue weighted by Gasteiger charge is -2.20. The zero-order valence-corrected chi connectivity index (χ0v) is 17.6. The lowest BCUT2D eigenvalue weighted by atomic mass is 10.1. The Labute approximate surface area is 182 Å². The van der Waals surface area contributed by atoms with Gasteiger partial charge >= 0.3 is 5.69 Å². The van der Waals surface area contributed by atoms with E-state index in [9.17, 15) is 18.8 Å². The fraction of sp³-hybridized carbons (Fsp3) is 0.167. The van der Waals surface area contributed by atoms with Gasteiger partial charge in [-0.05, 0) is 49.7 Å². The SMILES string of the molecule is Cc1ccc2c(c1)c(=O)n(-c1ccccc1F)c(=O)n2[C@H](C)C(=O)NCc1cccnc1. The third-order valence-electron chi connectivity index (χ3n) is 5.29. The number of carbonyl (C=O) groups is 1. The summed E-state index contributed by atoms with van der Waals surface area (Å²) >= 11 is 0. The summed E-state index contributed by atoms with van der Waals surface area (Å²) < 4.78 is 16.5. The zero-order chi connectivity index (χ0) is 22.8. The van der Waals surface area contributed by atoms with Gasteiger partial charge in [0.15, 0.2) is 0 Å². The molecule has 1 N–H and O–H groups in total. The van der Waals surface area contributed by atoms with E-state index in [4.69, 9.17) is 0 Å². The van der Waals surface area contributed by atoms with E-state index >= 15 is 0 Å². The van der Waals surface area contributed by atoms with Gasteiger partial charge < -0.3 is 5.32 Å². The molecule has 0 aliphatic rings. The number of para-hydroxylation sites is 1. The van der Waals surface area contributed by atoms with Crippen LogP contribution in [0.25, 0.3) is 16.6 Å². The Morgan fingerprint density at radius 1 is 1.12 bits per heavy atom. The van der Waals surface area contributed by atoms with Crippen LogP contribution in [0.4, 0.5) is 4.39 Å². The molecule has 0 saturated carbocycles. The summed E-state index contributed by atoms with van der Waals surface area (Å²) in [6.45, 7) is 3.61. The number of aryl methyl sites for hydroxylation is 1. The van der Waals surface area contributed by atoms with E-state index < -0.39 is 29.0 Å². The van der Waals surface area contributed by atoms with Gasteiger partial charge in [-0.25, -0.2) is 13.8 Å². The van der Waals surface area contributed by atoms with Crippen LogP contribution in [0.5, 0.6) is 0 Å². The average molecular weight is 432 g/mol. The van der Waals surface area contributed by atoms with Crippen LogP contribution in [0.1, 0.15) is 24.1 Å². The molecule has 0 fully saturated rings. The highest BCUT2D eigenvalue weighted by atomic mass is 19.1. The van der Waals surface area contributed by atoms with E-state index in [1.165, 1.54) is 22.8 Å². The van der Waals surface area contributed by atoms with E-state index in [1.54, 1.807) is 49.6 Å². The van der Waals surface area contributed by atoms with Crippen molar-refractivity contribution in [1.29, 1.82) is 0 Å². The van der Waals surface area contributed by atoms with Gasteiger partial charge in [-0.15, -0.1) is 0 Å². The van der Waals surface area contributed by atoms with E-state index in [2.05, 4.69) is 10.3 Å². The van der Waals surface area contributed by atoms with E-state index in [0.717, 1.165) is 15.7 Å². The highest BCUT2D eigenvalue weighted by Crippen LogP contribution is 2.17. The fourth-order valence-electron chi connectivity index (χ4n) is 3.63. The summed E-state index contributed by atoms with van der Waals surface area (Å²) in [5.41, 5.74) is 0.314. The summed E-state index contributed by atoms with van der Waals surface area (Å²) in [5, 5.41) is 3.01. The highest BCUT2D eigenvalue weighted by molar-refractivity contribution is 5.84. The average Bonchev–Trinajstić information content (AvgIpc) is 2.79. The number of nitrogens with zero attached hydrogens (tertiary/aromatic N) is 3. The van der Waals surface area contributed by atoms with Crippen molar-refractivity contribution in [3.63, 3.8) is 0 Å². The van der Waals surface area contributed by atoms with Gasteiger partial charge in [-0.3, -0.25) is 19.1 Å². The van der Waals surface area contributed by atoms with Crippen molar-refractivity contribution in [3.8, 4) is 5.69 Å². The minimum Gasteiger partial charge on any atom is -0.350 e. The highest BCUT2D eigenvalue weighted by Gasteiger charge is 2.23. The number of benzene rings is 2. The van der Waals surface area contributed by atoms with Gasteiger partial charge in [0.1, 0.15) is 11.9 Å². The van der Waals surface area contributed by atoms with Crippen molar-refractivity contribution >= 4 is 16.8 Å². The molecule has 0 aliphatic heterocycles. The number of rotatable bonds is 5. The molecule has 2 heterocycles. The number of aromatic nitrogens is 3. The van der Waals surface area contributed by atoms with Crippen molar-refractivity contribution in [2.45, 2.75) is 26.4 Å². The van der Waals surface area contributed by atoms with E-state index in [-0.39, 0.29) is 17.6 Å². The maximum absolute atomic E-state index is 14.5. The van der Waals surface area contributed by atoms with Crippen LogP contribution < -0.4 is 16.6 Å². The first-order chi connectivity index (χ1) is 15.4. The molecule has 4 rings (SSSR count). The second-order valence-electron chi connectivity index (χ2n) is 7.52. The molecule has 32 heavy (non-hydrogen) atoms. The molecular formula is C24H21FN4O3. The molecule has 0 spiro atoms. The number of nitrogens with one attached hydrogen (secondary N) is 1. The summed E-state index contributed by atoms with van der Waals surface area (Å²) in [5.74, 6) is -1.13. The largest absolute Gasteiger partial charge is 0.350 e. The van der Waals surface area contributed by atoms with Crippen LogP contribution in [-0.2, 0) is 11.3 Å². The van der Waals surface area contributed by atoms with Crippen LogP contribution in [0, 0.1) is 12.7 Å². The number of hydrogen-bond donors (Lipinski definition) is 1. The minimum atomic E-state index is -0.956. The van der Waals surface area contributed by atoms with Crippen molar-refractivity contribution in [3.05, 3.63) is 105 Å². The van der Waals surface area contributed by atoms with Crippen LogP contribution in [-0.4, -0.2) is 20.0 Å². The molecule has 1 atom stereocenters. The normalized spacial score (nSPS) is 12.0. The number of amides is 1. The lowest BCUT2D eigenvalue weighted by molar-refractivity contribution is -0.124. The van der Waals surface area contributed by atoms with Crippen molar-refractivity contribution in [2.75, 3.05) is 0 Å². The van der Waals surface area contributed by atoms with Gasteiger partial charge in [-0.2, -0.15) is 0 Å². The molecule has 8 heteroatoms. The Hall–Kier alpha value is -4.07. The first kappa shape index (κ1) is 21.2. The zero-order valence-electron chi connectivity index (χ0n) is 17.6. The van der Waals surface area contributed by atoms with Gasteiger partial charge in [0.2, 0.25) is 5.91 Å². The Morgan fingerprint density at radius 2 is 1.91 bits per heavy atom. The molecule has 1 amide bonds. The number of hydrogen-bond acceptors (Lipinski definition) is 4. The van der Waals surface area contributed by atoms with Crippen LogP contribution >= 0.6 is 0 Å². The molecule has 2 aromatic heterocycles. The number of halogens is 1. The summed E-state index contributed by atoms with van der Waals surface area (Å²) in [6, 6.07) is 13.2. The summed E-state index contributed by atoms with van der Waals surface area (Å²) in [7, 11) is 0.